The predicted octanol–water partition coefficient (Wildman–Crippen LogP) is 4.03. The Morgan fingerprint density at radius 1 is 1.00 bits per heavy atom. The van der Waals surface area contributed by atoms with Crippen molar-refractivity contribution in [3.05, 3.63) is 65.2 Å². The van der Waals surface area contributed by atoms with Crippen LogP contribution in [-0.4, -0.2) is 19.1 Å². The van der Waals surface area contributed by atoms with Crippen LogP contribution in [0.3, 0.4) is 0 Å². The standard InChI is InChI=1S/C18H18ClNO2/c19-15-6-8-16(9-7-15)20-17(21)18(10-12-22-13-11-18)14-4-2-1-3-5-14/h1-9H,10-13H2,(H,20,21). The molecule has 1 heterocycles. The largest absolute Gasteiger partial charge is 0.381 e. The molecule has 2 aromatic rings. The third-order valence-electron chi connectivity index (χ3n) is 4.21. The SMILES string of the molecule is O=C(Nc1ccc(Cl)cc1)C1(c2ccccc2)CCOCC1. The summed E-state index contributed by atoms with van der Waals surface area (Å²) in [7, 11) is 0. The summed E-state index contributed by atoms with van der Waals surface area (Å²) >= 11 is 5.89. The smallest absolute Gasteiger partial charge is 0.235 e. The Bertz CT molecular complexity index is 634. The molecule has 0 aliphatic carbocycles. The van der Waals surface area contributed by atoms with Gasteiger partial charge >= 0.3 is 0 Å². The Balaban J connectivity index is 1.89. The van der Waals surface area contributed by atoms with E-state index in [1.807, 2.05) is 42.5 Å². The average molecular weight is 316 g/mol. The van der Waals surface area contributed by atoms with Gasteiger partial charge in [-0.2, -0.15) is 0 Å². The van der Waals surface area contributed by atoms with Gasteiger partial charge in [-0.1, -0.05) is 41.9 Å². The van der Waals surface area contributed by atoms with Crippen LogP contribution >= 0.6 is 11.6 Å². The molecule has 1 N–H and O–H groups in total. The molecular formula is C18H18ClNO2. The molecule has 4 heteroatoms. The van der Waals surface area contributed by atoms with Crippen molar-refractivity contribution in [1.29, 1.82) is 0 Å². The van der Waals surface area contributed by atoms with Gasteiger partial charge in [-0.05, 0) is 42.7 Å². The maximum Gasteiger partial charge on any atom is 0.235 e. The number of anilines is 1. The van der Waals surface area contributed by atoms with Crippen molar-refractivity contribution in [2.45, 2.75) is 18.3 Å². The zero-order chi connectivity index (χ0) is 15.4. The van der Waals surface area contributed by atoms with Crippen LogP contribution in [0.4, 0.5) is 5.69 Å². The van der Waals surface area contributed by atoms with Gasteiger partial charge in [0.05, 0.1) is 5.41 Å². The summed E-state index contributed by atoms with van der Waals surface area (Å²) < 4.78 is 5.46. The number of amides is 1. The molecule has 114 valence electrons. The minimum absolute atomic E-state index is 0.0179. The fraction of sp³-hybridized carbons (Fsp3) is 0.278. The van der Waals surface area contributed by atoms with Crippen molar-refractivity contribution in [2.75, 3.05) is 18.5 Å². The summed E-state index contributed by atoms with van der Waals surface area (Å²) in [5.74, 6) is 0.0179. The minimum atomic E-state index is -0.529. The van der Waals surface area contributed by atoms with Gasteiger partial charge in [0, 0.05) is 23.9 Å². The number of ether oxygens (including phenoxy) is 1. The van der Waals surface area contributed by atoms with Crippen molar-refractivity contribution in [3.63, 3.8) is 0 Å². The first kappa shape index (κ1) is 15.1. The van der Waals surface area contributed by atoms with E-state index in [1.54, 1.807) is 12.1 Å². The van der Waals surface area contributed by atoms with E-state index in [0.717, 1.165) is 11.3 Å². The van der Waals surface area contributed by atoms with Gasteiger partial charge < -0.3 is 10.1 Å². The molecule has 1 aliphatic heterocycles. The van der Waals surface area contributed by atoms with Crippen LogP contribution in [0.5, 0.6) is 0 Å². The quantitative estimate of drug-likeness (QED) is 0.928. The van der Waals surface area contributed by atoms with Gasteiger partial charge in [-0.3, -0.25) is 4.79 Å². The van der Waals surface area contributed by atoms with Crippen molar-refractivity contribution in [3.8, 4) is 0 Å². The predicted molar refractivity (Wildman–Crippen MR) is 88.3 cm³/mol. The number of rotatable bonds is 3. The van der Waals surface area contributed by atoms with Crippen LogP contribution in [-0.2, 0) is 14.9 Å². The molecule has 1 amide bonds. The van der Waals surface area contributed by atoms with Gasteiger partial charge in [-0.15, -0.1) is 0 Å². The molecule has 1 aliphatic rings. The van der Waals surface area contributed by atoms with Crippen molar-refractivity contribution in [1.82, 2.24) is 0 Å². The molecule has 0 unspecified atom stereocenters. The van der Waals surface area contributed by atoms with E-state index in [2.05, 4.69) is 5.32 Å². The third kappa shape index (κ3) is 3.01. The topological polar surface area (TPSA) is 38.3 Å². The van der Waals surface area contributed by atoms with Crippen molar-refractivity contribution < 1.29 is 9.53 Å². The summed E-state index contributed by atoms with van der Waals surface area (Å²) in [6, 6.07) is 17.1. The van der Waals surface area contributed by atoms with E-state index in [4.69, 9.17) is 16.3 Å². The molecule has 0 radical (unpaired) electrons. The molecule has 3 rings (SSSR count). The second-order valence-electron chi connectivity index (χ2n) is 5.52. The molecule has 1 fully saturated rings. The highest BCUT2D eigenvalue weighted by Gasteiger charge is 2.41. The monoisotopic (exact) mass is 315 g/mol. The molecule has 3 nitrogen and oxygen atoms in total. The summed E-state index contributed by atoms with van der Waals surface area (Å²) in [4.78, 5) is 13.0. The Morgan fingerprint density at radius 2 is 1.64 bits per heavy atom. The Kier molecular flexibility index (Phi) is 4.46. The zero-order valence-corrected chi connectivity index (χ0v) is 13.0. The highest BCUT2D eigenvalue weighted by Crippen LogP contribution is 2.36. The zero-order valence-electron chi connectivity index (χ0n) is 12.2. The molecular weight excluding hydrogens is 298 g/mol. The summed E-state index contributed by atoms with van der Waals surface area (Å²) in [6.07, 6.45) is 1.38. The Labute approximate surface area is 135 Å². The maximum atomic E-state index is 13.0. The fourth-order valence-electron chi connectivity index (χ4n) is 2.91. The van der Waals surface area contributed by atoms with Gasteiger partial charge in [0.2, 0.25) is 5.91 Å². The normalized spacial score (nSPS) is 17.0. The number of nitrogens with one attached hydrogen (secondary N) is 1. The average Bonchev–Trinajstić information content (AvgIpc) is 2.58. The van der Waals surface area contributed by atoms with Gasteiger partial charge in [-0.25, -0.2) is 0 Å². The summed E-state index contributed by atoms with van der Waals surface area (Å²) in [5.41, 5.74) is 1.28. The number of benzene rings is 2. The van der Waals surface area contributed by atoms with Crippen LogP contribution in [0.2, 0.25) is 5.02 Å². The lowest BCUT2D eigenvalue weighted by atomic mass is 9.73. The minimum Gasteiger partial charge on any atom is -0.381 e. The second-order valence-corrected chi connectivity index (χ2v) is 5.96. The van der Waals surface area contributed by atoms with E-state index >= 15 is 0 Å². The summed E-state index contributed by atoms with van der Waals surface area (Å²) in [5, 5.41) is 3.68. The Morgan fingerprint density at radius 3 is 2.27 bits per heavy atom. The molecule has 0 spiro atoms. The molecule has 0 atom stereocenters. The van der Waals surface area contributed by atoms with Crippen LogP contribution < -0.4 is 5.32 Å². The van der Waals surface area contributed by atoms with E-state index in [1.165, 1.54) is 0 Å². The maximum absolute atomic E-state index is 13.0. The van der Waals surface area contributed by atoms with Crippen LogP contribution in [0.15, 0.2) is 54.6 Å². The number of halogens is 1. The third-order valence-corrected chi connectivity index (χ3v) is 4.46. The van der Waals surface area contributed by atoms with E-state index in [9.17, 15) is 4.79 Å². The molecule has 0 saturated carbocycles. The second kappa shape index (κ2) is 6.51. The van der Waals surface area contributed by atoms with Crippen molar-refractivity contribution in [2.24, 2.45) is 0 Å². The van der Waals surface area contributed by atoms with Gasteiger partial charge in [0.25, 0.3) is 0 Å². The van der Waals surface area contributed by atoms with Crippen LogP contribution in [0.1, 0.15) is 18.4 Å². The van der Waals surface area contributed by atoms with Crippen LogP contribution in [0, 0.1) is 0 Å². The highest BCUT2D eigenvalue weighted by atomic mass is 35.5. The molecule has 2 aromatic carbocycles. The lowest BCUT2D eigenvalue weighted by Gasteiger charge is -2.36. The lowest BCUT2D eigenvalue weighted by Crippen LogP contribution is -2.44. The Hall–Kier alpha value is -1.84. The van der Waals surface area contributed by atoms with E-state index in [0.29, 0.717) is 31.1 Å². The molecule has 0 aromatic heterocycles. The molecule has 0 bridgehead atoms. The van der Waals surface area contributed by atoms with Crippen molar-refractivity contribution >= 4 is 23.2 Å². The molecule has 22 heavy (non-hydrogen) atoms. The van der Waals surface area contributed by atoms with E-state index in [-0.39, 0.29) is 5.91 Å². The summed E-state index contributed by atoms with van der Waals surface area (Å²) in [6.45, 7) is 1.20. The van der Waals surface area contributed by atoms with Crippen LogP contribution in [0.25, 0.3) is 0 Å². The number of carbonyl (C=O) groups excluding carboxylic acids is 1. The lowest BCUT2D eigenvalue weighted by molar-refractivity contribution is -0.125. The number of hydrogen-bond donors (Lipinski definition) is 1. The van der Waals surface area contributed by atoms with E-state index < -0.39 is 5.41 Å². The first-order valence-corrected chi connectivity index (χ1v) is 7.79. The first-order chi connectivity index (χ1) is 10.7. The fourth-order valence-corrected chi connectivity index (χ4v) is 3.03. The number of carbonyl (C=O) groups is 1. The van der Waals surface area contributed by atoms with Gasteiger partial charge in [0.15, 0.2) is 0 Å². The highest BCUT2D eigenvalue weighted by molar-refractivity contribution is 6.30. The van der Waals surface area contributed by atoms with Gasteiger partial charge in [0.1, 0.15) is 0 Å². The molecule has 1 saturated heterocycles. The first-order valence-electron chi connectivity index (χ1n) is 7.41. The number of hydrogen-bond acceptors (Lipinski definition) is 2.